The Morgan fingerprint density at radius 2 is 2.05 bits per heavy atom. The number of hydrogen-bond donors (Lipinski definition) is 2. The fraction of sp³-hybridized carbons (Fsp3) is 0.833. The van der Waals surface area contributed by atoms with Gasteiger partial charge < -0.3 is 15.3 Å². The number of amides is 2. The average molecular weight is 289 g/mol. The lowest BCUT2D eigenvalue weighted by Crippen LogP contribution is -2.46. The number of nitrogens with one attached hydrogen (secondary N) is 1. The normalized spacial score (nSPS) is 18.7. The topological polar surface area (TPSA) is 72.9 Å². The Kier molecular flexibility index (Phi) is 7.01. The van der Waals surface area contributed by atoms with E-state index in [9.17, 15) is 9.59 Å². The number of carbonyl (C=O) groups excluding carboxylic acids is 1. The minimum atomic E-state index is -0.813. The number of urea groups is 1. The molecular weight excluding hydrogens is 266 g/mol. The van der Waals surface area contributed by atoms with Crippen LogP contribution in [-0.4, -0.2) is 77.7 Å². The SMILES string of the molecule is CSCC(C)NC(=O)N1CCCN(CC(=O)O)CC1. The largest absolute Gasteiger partial charge is 0.480 e. The van der Waals surface area contributed by atoms with Gasteiger partial charge in [0.15, 0.2) is 0 Å². The first kappa shape index (κ1) is 16.1. The number of aliphatic carboxylic acids is 1. The van der Waals surface area contributed by atoms with Crippen molar-refractivity contribution in [3.63, 3.8) is 0 Å². The van der Waals surface area contributed by atoms with E-state index in [1.165, 1.54) is 0 Å². The minimum absolute atomic E-state index is 0.0428. The van der Waals surface area contributed by atoms with Gasteiger partial charge in [0.05, 0.1) is 6.54 Å². The summed E-state index contributed by atoms with van der Waals surface area (Å²) < 4.78 is 0. The van der Waals surface area contributed by atoms with Gasteiger partial charge in [0.25, 0.3) is 0 Å². The summed E-state index contributed by atoms with van der Waals surface area (Å²) >= 11 is 1.70. The van der Waals surface area contributed by atoms with Crippen LogP contribution in [-0.2, 0) is 4.79 Å². The second kappa shape index (κ2) is 8.27. The average Bonchev–Trinajstić information content (AvgIpc) is 2.54. The number of carbonyl (C=O) groups is 2. The predicted octanol–water partition coefficient (Wildman–Crippen LogP) is 0.540. The van der Waals surface area contributed by atoms with Gasteiger partial charge in [0.2, 0.25) is 0 Å². The van der Waals surface area contributed by atoms with E-state index >= 15 is 0 Å². The van der Waals surface area contributed by atoms with Crippen LogP contribution in [0.25, 0.3) is 0 Å². The third-order valence-electron chi connectivity index (χ3n) is 3.02. The van der Waals surface area contributed by atoms with E-state index in [4.69, 9.17) is 5.11 Å². The van der Waals surface area contributed by atoms with E-state index in [1.807, 2.05) is 18.1 Å². The molecule has 0 aromatic carbocycles. The van der Waals surface area contributed by atoms with Crippen molar-refractivity contribution in [1.29, 1.82) is 0 Å². The molecular formula is C12H23N3O3S. The second-order valence-electron chi connectivity index (χ2n) is 4.82. The molecule has 1 aliphatic heterocycles. The minimum Gasteiger partial charge on any atom is -0.480 e. The molecule has 0 aromatic heterocycles. The monoisotopic (exact) mass is 289 g/mol. The van der Waals surface area contributed by atoms with Crippen molar-refractivity contribution in [3.05, 3.63) is 0 Å². The Balaban J connectivity index is 2.39. The van der Waals surface area contributed by atoms with Crippen molar-refractivity contribution in [2.24, 2.45) is 0 Å². The molecule has 7 heteroatoms. The molecule has 1 heterocycles. The van der Waals surface area contributed by atoms with Crippen LogP contribution in [0.2, 0.25) is 0 Å². The number of rotatable bonds is 5. The molecule has 1 saturated heterocycles. The standard InChI is InChI=1S/C12H23N3O3S/c1-10(9-19-2)13-12(18)15-5-3-4-14(6-7-15)8-11(16)17/h10H,3-9H2,1-2H3,(H,13,18)(H,16,17). The first-order valence-electron chi connectivity index (χ1n) is 6.51. The van der Waals surface area contributed by atoms with Crippen LogP contribution in [0, 0.1) is 0 Å². The quantitative estimate of drug-likeness (QED) is 0.773. The molecule has 19 heavy (non-hydrogen) atoms. The number of thioether (sulfide) groups is 1. The number of carboxylic acids is 1. The van der Waals surface area contributed by atoms with E-state index in [1.54, 1.807) is 16.7 Å². The van der Waals surface area contributed by atoms with Crippen LogP contribution < -0.4 is 5.32 Å². The summed E-state index contributed by atoms with van der Waals surface area (Å²) in [7, 11) is 0. The van der Waals surface area contributed by atoms with E-state index in [2.05, 4.69) is 5.32 Å². The smallest absolute Gasteiger partial charge is 0.317 e. The molecule has 0 aliphatic carbocycles. The van der Waals surface area contributed by atoms with Crippen LogP contribution in [0.1, 0.15) is 13.3 Å². The Bertz CT molecular complexity index is 315. The number of hydrogen-bond acceptors (Lipinski definition) is 4. The molecule has 2 amide bonds. The lowest BCUT2D eigenvalue weighted by molar-refractivity contribution is -0.138. The molecule has 0 bridgehead atoms. The van der Waals surface area contributed by atoms with Crippen molar-refractivity contribution in [3.8, 4) is 0 Å². The van der Waals surface area contributed by atoms with Gasteiger partial charge in [0.1, 0.15) is 0 Å². The van der Waals surface area contributed by atoms with Crippen LogP contribution in [0.15, 0.2) is 0 Å². The highest BCUT2D eigenvalue weighted by Gasteiger charge is 2.20. The van der Waals surface area contributed by atoms with Gasteiger partial charge in [-0.25, -0.2) is 4.79 Å². The molecule has 6 nitrogen and oxygen atoms in total. The zero-order valence-electron chi connectivity index (χ0n) is 11.6. The van der Waals surface area contributed by atoms with E-state index < -0.39 is 5.97 Å². The zero-order valence-corrected chi connectivity index (χ0v) is 12.4. The second-order valence-corrected chi connectivity index (χ2v) is 5.73. The Morgan fingerprint density at radius 3 is 2.68 bits per heavy atom. The molecule has 0 aromatic rings. The number of nitrogens with zero attached hydrogens (tertiary/aromatic N) is 2. The van der Waals surface area contributed by atoms with Gasteiger partial charge in [-0.1, -0.05) is 0 Å². The van der Waals surface area contributed by atoms with Gasteiger partial charge in [-0.2, -0.15) is 11.8 Å². The molecule has 110 valence electrons. The fourth-order valence-electron chi connectivity index (χ4n) is 2.12. The molecule has 0 radical (unpaired) electrons. The molecule has 1 aliphatic rings. The van der Waals surface area contributed by atoms with E-state index in [0.29, 0.717) is 19.6 Å². The van der Waals surface area contributed by atoms with Crippen molar-refractivity contribution in [2.45, 2.75) is 19.4 Å². The van der Waals surface area contributed by atoms with E-state index in [-0.39, 0.29) is 18.6 Å². The highest BCUT2D eigenvalue weighted by molar-refractivity contribution is 7.98. The van der Waals surface area contributed by atoms with Crippen molar-refractivity contribution >= 4 is 23.8 Å². The third kappa shape index (κ3) is 6.15. The highest BCUT2D eigenvalue weighted by Crippen LogP contribution is 2.04. The van der Waals surface area contributed by atoms with E-state index in [0.717, 1.165) is 18.7 Å². The van der Waals surface area contributed by atoms with Crippen LogP contribution in [0.5, 0.6) is 0 Å². The maximum atomic E-state index is 12.0. The van der Waals surface area contributed by atoms with Crippen LogP contribution in [0.3, 0.4) is 0 Å². The summed E-state index contributed by atoms with van der Waals surface area (Å²) in [5, 5.41) is 11.7. The Morgan fingerprint density at radius 1 is 1.32 bits per heavy atom. The van der Waals surface area contributed by atoms with Crippen LogP contribution in [0.4, 0.5) is 4.79 Å². The Hall–Kier alpha value is -0.950. The predicted molar refractivity (Wildman–Crippen MR) is 76.6 cm³/mol. The fourth-order valence-corrected chi connectivity index (χ4v) is 2.70. The molecule has 0 saturated carbocycles. The van der Waals surface area contributed by atoms with Gasteiger partial charge in [0, 0.05) is 38.0 Å². The van der Waals surface area contributed by atoms with Gasteiger partial charge in [-0.05, 0) is 19.6 Å². The first-order chi connectivity index (χ1) is 9.02. The number of carboxylic acid groups (broad SMARTS) is 1. The molecule has 1 atom stereocenters. The first-order valence-corrected chi connectivity index (χ1v) is 7.91. The summed E-state index contributed by atoms with van der Waals surface area (Å²) in [6.45, 7) is 4.67. The molecule has 1 fully saturated rings. The lowest BCUT2D eigenvalue weighted by atomic mass is 10.3. The summed E-state index contributed by atoms with van der Waals surface area (Å²) in [6, 6.07) is 0.111. The van der Waals surface area contributed by atoms with Crippen LogP contribution >= 0.6 is 11.8 Å². The Labute approximate surface area is 118 Å². The zero-order chi connectivity index (χ0) is 14.3. The van der Waals surface area contributed by atoms with Gasteiger partial charge in [-0.3, -0.25) is 9.69 Å². The molecule has 2 N–H and O–H groups in total. The highest BCUT2D eigenvalue weighted by atomic mass is 32.2. The summed E-state index contributed by atoms with van der Waals surface area (Å²) in [6.07, 6.45) is 2.83. The van der Waals surface area contributed by atoms with Gasteiger partial charge in [-0.15, -0.1) is 0 Å². The summed E-state index contributed by atoms with van der Waals surface area (Å²) in [4.78, 5) is 26.4. The van der Waals surface area contributed by atoms with Crippen molar-refractivity contribution < 1.29 is 14.7 Å². The maximum Gasteiger partial charge on any atom is 0.317 e. The van der Waals surface area contributed by atoms with Gasteiger partial charge >= 0.3 is 12.0 Å². The molecule has 0 spiro atoms. The van der Waals surface area contributed by atoms with Crippen molar-refractivity contribution in [1.82, 2.24) is 15.1 Å². The summed E-state index contributed by atoms with van der Waals surface area (Å²) in [5.41, 5.74) is 0. The molecule has 1 rings (SSSR count). The lowest BCUT2D eigenvalue weighted by Gasteiger charge is -2.23. The van der Waals surface area contributed by atoms with Crippen molar-refractivity contribution in [2.75, 3.05) is 44.7 Å². The third-order valence-corrected chi connectivity index (χ3v) is 3.85. The maximum absolute atomic E-state index is 12.0. The molecule has 1 unspecified atom stereocenters. The summed E-state index contributed by atoms with van der Waals surface area (Å²) in [5.74, 6) is 0.0801.